The lowest BCUT2D eigenvalue weighted by molar-refractivity contribution is -0.122. The molecule has 7 heteroatoms. The van der Waals surface area contributed by atoms with E-state index in [9.17, 15) is 9.59 Å². The second kappa shape index (κ2) is 6.99. The maximum atomic E-state index is 12.8. The first kappa shape index (κ1) is 18.0. The standard InChI is InChI=1S/C21H23N5O2/c1-13(2)19(20-22-14-8-4-5-9-15(14)23-20)24-18(27)12-26-17-11-7-6-10-16(17)25(3)21(26)28/h4-11,13,19H,12H2,1-3H3,(H,22,23)(H,24,27). The van der Waals surface area contributed by atoms with E-state index in [1.54, 1.807) is 11.6 Å². The number of carbonyl (C=O) groups excluding carboxylic acids is 1. The van der Waals surface area contributed by atoms with E-state index in [1.165, 1.54) is 4.57 Å². The molecule has 0 aliphatic rings. The molecule has 2 N–H and O–H groups in total. The number of hydrogen-bond acceptors (Lipinski definition) is 3. The molecule has 2 heterocycles. The Kier molecular flexibility index (Phi) is 4.50. The molecule has 0 aliphatic carbocycles. The molecule has 4 rings (SSSR count). The number of benzene rings is 2. The molecule has 1 unspecified atom stereocenters. The molecule has 0 saturated heterocycles. The van der Waals surface area contributed by atoms with Crippen LogP contribution in [0.1, 0.15) is 25.7 Å². The maximum absolute atomic E-state index is 12.8. The number of H-pyrrole nitrogens is 1. The molecule has 2 aromatic heterocycles. The van der Waals surface area contributed by atoms with E-state index in [4.69, 9.17) is 0 Å². The van der Waals surface area contributed by atoms with Gasteiger partial charge in [-0.25, -0.2) is 9.78 Å². The maximum Gasteiger partial charge on any atom is 0.329 e. The van der Waals surface area contributed by atoms with Crippen molar-refractivity contribution in [2.45, 2.75) is 26.4 Å². The van der Waals surface area contributed by atoms with Crippen LogP contribution in [0.4, 0.5) is 0 Å². The number of imidazole rings is 2. The average molecular weight is 377 g/mol. The quantitative estimate of drug-likeness (QED) is 0.561. The predicted octanol–water partition coefficient (Wildman–Crippen LogP) is 2.73. The second-order valence-electron chi connectivity index (χ2n) is 7.34. The molecule has 7 nitrogen and oxygen atoms in total. The SMILES string of the molecule is CC(C)C(NC(=O)Cn1c(=O)n(C)c2ccccc21)c1nc2ccccc2[nH]1. The van der Waals surface area contributed by atoms with Crippen LogP contribution in [0.15, 0.2) is 53.3 Å². The molecule has 0 saturated carbocycles. The fourth-order valence-corrected chi connectivity index (χ4v) is 3.55. The number of para-hydroxylation sites is 4. The normalized spacial score (nSPS) is 12.7. The van der Waals surface area contributed by atoms with Gasteiger partial charge in [-0.05, 0) is 30.2 Å². The van der Waals surface area contributed by atoms with Gasteiger partial charge >= 0.3 is 5.69 Å². The first-order valence-electron chi connectivity index (χ1n) is 9.34. The molecule has 0 fully saturated rings. The van der Waals surface area contributed by atoms with Crippen molar-refractivity contribution in [3.05, 3.63) is 64.8 Å². The zero-order valence-corrected chi connectivity index (χ0v) is 16.1. The van der Waals surface area contributed by atoms with Crippen LogP contribution in [0.3, 0.4) is 0 Å². The van der Waals surface area contributed by atoms with Crippen LogP contribution in [0.2, 0.25) is 0 Å². The highest BCUT2D eigenvalue weighted by Gasteiger charge is 2.23. The van der Waals surface area contributed by atoms with Crippen molar-refractivity contribution in [3.8, 4) is 0 Å². The number of nitrogens with one attached hydrogen (secondary N) is 2. The molecule has 0 radical (unpaired) electrons. The van der Waals surface area contributed by atoms with Gasteiger partial charge in [0.2, 0.25) is 5.91 Å². The van der Waals surface area contributed by atoms with Crippen molar-refractivity contribution in [1.82, 2.24) is 24.4 Å². The molecular formula is C21H23N5O2. The van der Waals surface area contributed by atoms with Gasteiger partial charge in [-0.1, -0.05) is 38.1 Å². The topological polar surface area (TPSA) is 84.7 Å². The van der Waals surface area contributed by atoms with Crippen LogP contribution in [-0.4, -0.2) is 25.0 Å². The number of aryl methyl sites for hydroxylation is 1. The van der Waals surface area contributed by atoms with Crippen LogP contribution in [0.25, 0.3) is 22.1 Å². The summed E-state index contributed by atoms with van der Waals surface area (Å²) < 4.78 is 3.06. The number of hydrogen-bond donors (Lipinski definition) is 2. The lowest BCUT2D eigenvalue weighted by Crippen LogP contribution is -2.37. The minimum Gasteiger partial charge on any atom is -0.344 e. The molecule has 1 amide bonds. The zero-order chi connectivity index (χ0) is 19.8. The summed E-state index contributed by atoms with van der Waals surface area (Å²) in [5, 5.41) is 3.04. The predicted molar refractivity (Wildman–Crippen MR) is 109 cm³/mol. The van der Waals surface area contributed by atoms with Crippen molar-refractivity contribution in [1.29, 1.82) is 0 Å². The first-order chi connectivity index (χ1) is 13.5. The molecule has 144 valence electrons. The molecule has 0 bridgehead atoms. The van der Waals surface area contributed by atoms with Gasteiger partial charge in [0, 0.05) is 7.05 Å². The number of aromatic nitrogens is 4. The number of carbonyl (C=O) groups is 1. The van der Waals surface area contributed by atoms with Crippen LogP contribution < -0.4 is 11.0 Å². The zero-order valence-electron chi connectivity index (χ0n) is 16.1. The number of nitrogens with zero attached hydrogens (tertiary/aromatic N) is 3. The minimum absolute atomic E-state index is 0.0381. The fraction of sp³-hybridized carbons (Fsp3) is 0.286. The van der Waals surface area contributed by atoms with E-state index in [0.717, 1.165) is 27.9 Å². The van der Waals surface area contributed by atoms with Crippen molar-refractivity contribution >= 4 is 28.0 Å². The Morgan fingerprint density at radius 1 is 1.11 bits per heavy atom. The molecule has 2 aromatic carbocycles. The number of rotatable bonds is 5. The summed E-state index contributed by atoms with van der Waals surface area (Å²) in [6.45, 7) is 4.02. The Balaban J connectivity index is 1.61. The van der Waals surface area contributed by atoms with Crippen LogP contribution in [0, 0.1) is 5.92 Å². The summed E-state index contributed by atoms with van der Waals surface area (Å²) >= 11 is 0. The Hall–Kier alpha value is -3.35. The summed E-state index contributed by atoms with van der Waals surface area (Å²) in [7, 11) is 1.71. The van der Waals surface area contributed by atoms with Crippen LogP contribution in [-0.2, 0) is 18.4 Å². The second-order valence-corrected chi connectivity index (χ2v) is 7.34. The smallest absolute Gasteiger partial charge is 0.329 e. The molecular weight excluding hydrogens is 354 g/mol. The largest absolute Gasteiger partial charge is 0.344 e. The Labute approximate surface area is 162 Å². The van der Waals surface area contributed by atoms with Crippen molar-refractivity contribution in [3.63, 3.8) is 0 Å². The highest BCUT2D eigenvalue weighted by Crippen LogP contribution is 2.22. The van der Waals surface area contributed by atoms with Gasteiger partial charge in [-0.2, -0.15) is 0 Å². The van der Waals surface area contributed by atoms with E-state index in [1.807, 2.05) is 62.4 Å². The third-order valence-electron chi connectivity index (χ3n) is 5.04. The van der Waals surface area contributed by atoms with E-state index in [0.29, 0.717) is 0 Å². The summed E-state index contributed by atoms with van der Waals surface area (Å²) in [5.74, 6) is 0.626. The highest BCUT2D eigenvalue weighted by molar-refractivity contribution is 5.81. The Morgan fingerprint density at radius 3 is 2.50 bits per heavy atom. The summed E-state index contributed by atoms with van der Waals surface area (Å²) in [6, 6.07) is 15.0. The molecule has 0 spiro atoms. The lowest BCUT2D eigenvalue weighted by atomic mass is 10.0. The van der Waals surface area contributed by atoms with Gasteiger partial charge in [-0.3, -0.25) is 13.9 Å². The van der Waals surface area contributed by atoms with Gasteiger partial charge < -0.3 is 10.3 Å². The Bertz CT molecular complexity index is 1180. The summed E-state index contributed by atoms with van der Waals surface area (Å²) in [6.07, 6.45) is 0. The molecule has 4 aromatic rings. The van der Waals surface area contributed by atoms with Gasteiger partial charge in [0.15, 0.2) is 0 Å². The average Bonchev–Trinajstić information content (AvgIpc) is 3.21. The number of fused-ring (bicyclic) bond motifs is 2. The summed E-state index contributed by atoms with van der Waals surface area (Å²) in [5.41, 5.74) is 3.14. The molecule has 1 atom stereocenters. The molecule has 0 aliphatic heterocycles. The van der Waals surface area contributed by atoms with E-state index in [2.05, 4.69) is 15.3 Å². The first-order valence-corrected chi connectivity index (χ1v) is 9.34. The summed E-state index contributed by atoms with van der Waals surface area (Å²) in [4.78, 5) is 33.3. The van der Waals surface area contributed by atoms with Gasteiger partial charge in [0.25, 0.3) is 0 Å². The third-order valence-corrected chi connectivity index (χ3v) is 5.04. The third kappa shape index (κ3) is 3.09. The van der Waals surface area contributed by atoms with Gasteiger partial charge in [0.05, 0.1) is 28.1 Å². The number of aromatic amines is 1. The van der Waals surface area contributed by atoms with Crippen molar-refractivity contribution in [2.75, 3.05) is 0 Å². The highest BCUT2D eigenvalue weighted by atomic mass is 16.2. The van der Waals surface area contributed by atoms with Crippen molar-refractivity contribution in [2.24, 2.45) is 13.0 Å². The fourth-order valence-electron chi connectivity index (χ4n) is 3.55. The number of amides is 1. The van der Waals surface area contributed by atoms with Gasteiger partial charge in [0.1, 0.15) is 12.4 Å². The monoisotopic (exact) mass is 377 g/mol. The lowest BCUT2D eigenvalue weighted by Gasteiger charge is -2.20. The van der Waals surface area contributed by atoms with Crippen LogP contribution in [0.5, 0.6) is 0 Å². The van der Waals surface area contributed by atoms with Crippen molar-refractivity contribution < 1.29 is 4.79 Å². The van der Waals surface area contributed by atoms with Gasteiger partial charge in [-0.15, -0.1) is 0 Å². The van der Waals surface area contributed by atoms with Crippen LogP contribution >= 0.6 is 0 Å². The Morgan fingerprint density at radius 2 is 1.79 bits per heavy atom. The molecule has 28 heavy (non-hydrogen) atoms. The van der Waals surface area contributed by atoms with E-state index < -0.39 is 0 Å². The van der Waals surface area contributed by atoms with E-state index >= 15 is 0 Å². The minimum atomic E-state index is -0.273. The van der Waals surface area contributed by atoms with E-state index in [-0.39, 0.29) is 30.1 Å².